The summed E-state index contributed by atoms with van der Waals surface area (Å²) in [6.07, 6.45) is 3.51. The molecule has 1 N–H and O–H groups in total. The van der Waals surface area contributed by atoms with Crippen LogP contribution >= 0.6 is 0 Å². The van der Waals surface area contributed by atoms with Crippen LogP contribution in [0.25, 0.3) is 11.1 Å². The molecule has 0 bridgehead atoms. The number of halogens is 2. The SMILES string of the molecule is Cc1cc(-c2ccc(F)c(C(=O)O)c2)c(Oc2ccccc2F)cc1N(C[C@@H](CC(C)C)C(C)C)C12CC1C2. The second-order valence-electron chi connectivity index (χ2n) is 12.1. The molecule has 3 aromatic carbocycles. The van der Waals surface area contributed by atoms with E-state index in [2.05, 4.69) is 32.6 Å². The van der Waals surface area contributed by atoms with Gasteiger partial charge in [-0.2, -0.15) is 0 Å². The van der Waals surface area contributed by atoms with E-state index in [0.29, 0.717) is 34.6 Å². The summed E-state index contributed by atoms with van der Waals surface area (Å²) in [4.78, 5) is 14.2. The molecule has 2 aliphatic carbocycles. The van der Waals surface area contributed by atoms with Crippen LogP contribution in [-0.2, 0) is 0 Å². The Morgan fingerprint density at radius 3 is 2.31 bits per heavy atom. The van der Waals surface area contributed by atoms with Crippen molar-refractivity contribution >= 4 is 11.7 Å². The molecule has 0 amide bonds. The molecule has 0 unspecified atom stereocenters. The van der Waals surface area contributed by atoms with Crippen LogP contribution in [0.2, 0.25) is 0 Å². The molecular weight excluding hydrogens is 496 g/mol. The number of aryl methyl sites for hydroxylation is 1. The Morgan fingerprint density at radius 1 is 1.03 bits per heavy atom. The summed E-state index contributed by atoms with van der Waals surface area (Å²) < 4.78 is 35.1. The van der Waals surface area contributed by atoms with Crippen molar-refractivity contribution in [1.29, 1.82) is 0 Å². The van der Waals surface area contributed by atoms with Crippen molar-refractivity contribution in [3.8, 4) is 22.6 Å². The van der Waals surface area contributed by atoms with E-state index in [1.165, 1.54) is 31.0 Å². The predicted octanol–water partition coefficient (Wildman–Crippen LogP) is 8.72. The number of hydrogen-bond donors (Lipinski definition) is 1. The lowest BCUT2D eigenvalue weighted by Crippen LogP contribution is -2.38. The molecule has 0 radical (unpaired) electrons. The lowest BCUT2D eigenvalue weighted by atomic mass is 9.86. The molecular formula is C33H37F2NO3. The van der Waals surface area contributed by atoms with E-state index in [-0.39, 0.29) is 11.3 Å². The van der Waals surface area contributed by atoms with E-state index in [9.17, 15) is 18.7 Å². The first-order chi connectivity index (χ1) is 18.5. The molecule has 0 aromatic heterocycles. The Balaban J connectivity index is 1.62. The average molecular weight is 534 g/mol. The van der Waals surface area contributed by atoms with E-state index < -0.39 is 23.2 Å². The smallest absolute Gasteiger partial charge is 0.338 e. The molecule has 2 saturated carbocycles. The van der Waals surface area contributed by atoms with Crippen LogP contribution in [0.3, 0.4) is 0 Å². The fraction of sp³-hybridized carbons (Fsp3) is 0.424. The Hall–Kier alpha value is -3.41. The van der Waals surface area contributed by atoms with Crippen LogP contribution in [0, 0.1) is 42.2 Å². The van der Waals surface area contributed by atoms with Crippen molar-refractivity contribution in [1.82, 2.24) is 0 Å². The van der Waals surface area contributed by atoms with Gasteiger partial charge in [0.15, 0.2) is 11.6 Å². The van der Waals surface area contributed by atoms with Crippen molar-refractivity contribution in [2.75, 3.05) is 11.4 Å². The van der Waals surface area contributed by atoms with Gasteiger partial charge in [0.1, 0.15) is 11.6 Å². The maximum absolute atomic E-state index is 14.7. The quantitative estimate of drug-likeness (QED) is 0.268. The number of carboxylic acid groups (broad SMARTS) is 1. The number of carbonyl (C=O) groups is 1. The normalized spacial score (nSPS) is 20.1. The maximum Gasteiger partial charge on any atom is 0.338 e. The Kier molecular flexibility index (Phi) is 7.17. The van der Waals surface area contributed by atoms with Crippen molar-refractivity contribution in [2.24, 2.45) is 23.7 Å². The number of carboxylic acids is 1. The van der Waals surface area contributed by atoms with Crippen molar-refractivity contribution < 1.29 is 23.4 Å². The first-order valence-corrected chi connectivity index (χ1v) is 13.9. The number of ether oxygens (including phenoxy) is 1. The molecule has 0 aliphatic heterocycles. The number of rotatable bonds is 11. The highest BCUT2D eigenvalue weighted by Gasteiger charge is 2.73. The minimum absolute atomic E-state index is 0.0782. The van der Waals surface area contributed by atoms with Gasteiger partial charge in [0.25, 0.3) is 0 Å². The van der Waals surface area contributed by atoms with E-state index in [0.717, 1.165) is 36.2 Å². The molecule has 2 aliphatic rings. The van der Waals surface area contributed by atoms with E-state index in [4.69, 9.17) is 4.74 Å². The van der Waals surface area contributed by atoms with Gasteiger partial charge in [0.2, 0.25) is 0 Å². The highest BCUT2D eigenvalue weighted by molar-refractivity contribution is 5.90. The molecule has 6 heteroatoms. The number of aromatic carboxylic acids is 1. The molecule has 4 nitrogen and oxygen atoms in total. The molecule has 39 heavy (non-hydrogen) atoms. The fourth-order valence-electron chi connectivity index (χ4n) is 5.81. The highest BCUT2D eigenvalue weighted by Crippen LogP contribution is 2.71. The summed E-state index contributed by atoms with van der Waals surface area (Å²) in [6.45, 7) is 12.1. The van der Waals surface area contributed by atoms with Crippen molar-refractivity contribution in [3.63, 3.8) is 0 Å². The number of benzene rings is 3. The van der Waals surface area contributed by atoms with Gasteiger partial charge in [-0.25, -0.2) is 13.6 Å². The standard InChI is InChI=1S/C33H37F2NO3/c1-19(2)12-23(20(3)4)18-36(33-16-24(33)17-33)29-15-31(39-30-9-7-6-8-28(30)35)25(13-21(29)5)22-10-11-27(34)26(14-22)32(37)38/h6-11,13-15,19-20,23-24H,12,16-18H2,1-5H3,(H,37,38)/t23-,24?,33?/m1/s1. The third kappa shape index (κ3) is 5.39. The van der Waals surface area contributed by atoms with Gasteiger partial charge in [-0.05, 0) is 91.3 Å². The minimum Gasteiger partial charge on any atom is -0.478 e. The van der Waals surface area contributed by atoms with Gasteiger partial charge < -0.3 is 14.7 Å². The molecule has 0 spiro atoms. The van der Waals surface area contributed by atoms with Crippen LogP contribution in [0.15, 0.2) is 54.6 Å². The second-order valence-corrected chi connectivity index (χ2v) is 12.1. The number of para-hydroxylation sites is 1. The fourth-order valence-corrected chi connectivity index (χ4v) is 5.81. The monoisotopic (exact) mass is 533 g/mol. The molecule has 3 aromatic rings. The largest absolute Gasteiger partial charge is 0.478 e. The van der Waals surface area contributed by atoms with Gasteiger partial charge in [-0.3, -0.25) is 0 Å². The first-order valence-electron chi connectivity index (χ1n) is 13.9. The summed E-state index contributed by atoms with van der Waals surface area (Å²) >= 11 is 0. The summed E-state index contributed by atoms with van der Waals surface area (Å²) in [5.41, 5.74) is 2.93. The van der Waals surface area contributed by atoms with E-state index >= 15 is 0 Å². The summed E-state index contributed by atoms with van der Waals surface area (Å²) in [5, 5.41) is 9.51. The van der Waals surface area contributed by atoms with E-state index in [1.54, 1.807) is 18.2 Å². The maximum atomic E-state index is 14.7. The molecule has 5 rings (SSSR count). The summed E-state index contributed by atoms with van der Waals surface area (Å²) in [5.74, 6) is 0.208. The average Bonchev–Trinajstić information content (AvgIpc) is 3.75. The first kappa shape index (κ1) is 27.2. The van der Waals surface area contributed by atoms with Gasteiger partial charge in [-0.15, -0.1) is 0 Å². The Bertz CT molecular complexity index is 1390. The highest BCUT2D eigenvalue weighted by atomic mass is 19.1. The number of fused-ring (bicyclic) bond motifs is 1. The van der Waals surface area contributed by atoms with Crippen molar-refractivity contribution in [3.05, 3.63) is 77.4 Å². The summed E-state index contributed by atoms with van der Waals surface area (Å²) in [6, 6.07) is 14.1. The molecule has 206 valence electrons. The Morgan fingerprint density at radius 2 is 1.72 bits per heavy atom. The predicted molar refractivity (Wildman–Crippen MR) is 151 cm³/mol. The topological polar surface area (TPSA) is 49.8 Å². The summed E-state index contributed by atoms with van der Waals surface area (Å²) in [7, 11) is 0. The zero-order chi connectivity index (χ0) is 28.1. The third-order valence-corrected chi connectivity index (χ3v) is 8.46. The molecule has 2 fully saturated rings. The van der Waals surface area contributed by atoms with Crippen LogP contribution in [0.5, 0.6) is 11.5 Å². The molecule has 0 heterocycles. The van der Waals surface area contributed by atoms with Gasteiger partial charge in [0.05, 0.1) is 5.56 Å². The van der Waals surface area contributed by atoms with E-state index in [1.807, 2.05) is 19.1 Å². The molecule has 1 atom stereocenters. The zero-order valence-corrected chi connectivity index (χ0v) is 23.3. The minimum atomic E-state index is -1.34. The van der Waals surface area contributed by atoms with Crippen LogP contribution in [-0.4, -0.2) is 23.2 Å². The lowest BCUT2D eigenvalue weighted by Gasteiger charge is -2.36. The molecule has 0 saturated heterocycles. The van der Waals surface area contributed by atoms with Gasteiger partial charge >= 0.3 is 5.97 Å². The number of anilines is 1. The van der Waals surface area contributed by atoms with Crippen LogP contribution in [0.4, 0.5) is 14.5 Å². The Labute approximate surface area is 229 Å². The number of nitrogens with zero attached hydrogens (tertiary/aromatic N) is 1. The third-order valence-electron chi connectivity index (χ3n) is 8.46. The van der Waals surface area contributed by atoms with Gasteiger partial charge in [0, 0.05) is 29.4 Å². The van der Waals surface area contributed by atoms with Crippen LogP contribution in [0.1, 0.15) is 62.9 Å². The van der Waals surface area contributed by atoms with Crippen molar-refractivity contribution in [2.45, 2.75) is 59.4 Å². The van der Waals surface area contributed by atoms with Crippen LogP contribution < -0.4 is 9.64 Å². The van der Waals surface area contributed by atoms with Gasteiger partial charge in [-0.1, -0.05) is 45.9 Å². The number of hydrogen-bond acceptors (Lipinski definition) is 3. The second kappa shape index (κ2) is 10.3. The lowest BCUT2D eigenvalue weighted by molar-refractivity contribution is 0.0692. The zero-order valence-electron chi connectivity index (χ0n) is 23.3.